The largest absolute Gasteiger partial charge is 0.507 e. The molecule has 2 N–H and O–H groups in total. The number of phenols is 1. The van der Waals surface area contributed by atoms with Crippen molar-refractivity contribution in [3.8, 4) is 17.2 Å². The number of carbonyl (C=O) groups excluding carboxylic acids is 1. The first-order chi connectivity index (χ1) is 14.7. The van der Waals surface area contributed by atoms with Gasteiger partial charge in [0.15, 0.2) is 5.58 Å². The monoisotopic (exact) mass is 437 g/mol. The number of carbonyl (C=O) groups is 1. The van der Waals surface area contributed by atoms with E-state index in [1.54, 1.807) is 0 Å². The third kappa shape index (κ3) is 3.93. The molecule has 0 radical (unpaired) electrons. The number of oxazole rings is 1. The molecule has 4 rings (SSSR count). The summed E-state index contributed by atoms with van der Waals surface area (Å²) in [6, 6.07) is 11.8. The van der Waals surface area contributed by atoms with Gasteiger partial charge in [0.05, 0.1) is 21.1 Å². The summed E-state index contributed by atoms with van der Waals surface area (Å²) >= 11 is 6.04. The first-order valence-corrected chi connectivity index (χ1v) is 9.57. The van der Waals surface area contributed by atoms with Crippen LogP contribution < -0.4 is 5.32 Å². The van der Waals surface area contributed by atoms with E-state index in [-0.39, 0.29) is 33.5 Å². The second-order valence-corrected chi connectivity index (χ2v) is 7.46. The number of nitrogens with one attached hydrogen (secondary N) is 1. The lowest BCUT2D eigenvalue weighted by molar-refractivity contribution is -0.384. The Morgan fingerprint density at radius 1 is 1.16 bits per heavy atom. The number of nitrogens with zero attached hydrogens (tertiary/aromatic N) is 2. The van der Waals surface area contributed by atoms with E-state index >= 15 is 0 Å². The van der Waals surface area contributed by atoms with Crippen molar-refractivity contribution >= 4 is 40.0 Å². The molecule has 1 aromatic heterocycles. The van der Waals surface area contributed by atoms with Crippen LogP contribution in [-0.2, 0) is 0 Å². The molecule has 0 aliphatic heterocycles. The highest BCUT2D eigenvalue weighted by molar-refractivity contribution is 6.34. The van der Waals surface area contributed by atoms with Gasteiger partial charge in [0.2, 0.25) is 5.89 Å². The van der Waals surface area contributed by atoms with Crippen molar-refractivity contribution in [1.82, 2.24) is 4.98 Å². The van der Waals surface area contributed by atoms with Crippen LogP contribution in [0.5, 0.6) is 5.75 Å². The Labute approximate surface area is 181 Å². The van der Waals surface area contributed by atoms with E-state index in [1.807, 2.05) is 26.0 Å². The van der Waals surface area contributed by atoms with Crippen molar-refractivity contribution in [1.29, 1.82) is 0 Å². The fraction of sp³-hybridized carbons (Fsp3) is 0.0909. The van der Waals surface area contributed by atoms with E-state index < -0.39 is 10.8 Å². The molecule has 0 bridgehead atoms. The molecule has 0 fully saturated rings. The van der Waals surface area contributed by atoms with Crippen LogP contribution in [0, 0.1) is 24.0 Å². The number of nitro benzene ring substituents is 1. The molecular formula is C22H16ClN3O5. The molecule has 0 atom stereocenters. The lowest BCUT2D eigenvalue weighted by Gasteiger charge is -2.09. The molecule has 31 heavy (non-hydrogen) atoms. The summed E-state index contributed by atoms with van der Waals surface area (Å²) in [5.74, 6) is -0.507. The van der Waals surface area contributed by atoms with Gasteiger partial charge in [-0.3, -0.25) is 14.9 Å². The Morgan fingerprint density at radius 2 is 1.94 bits per heavy atom. The fourth-order valence-corrected chi connectivity index (χ4v) is 3.48. The standard InChI is InChI=1S/C22H16ClN3O5/c1-11-7-12(2)20-18(8-11)25-22(31-20)16-9-13(3-6-19(16)27)24-21(28)15-10-14(26(29)30)4-5-17(15)23/h3-10,27H,1-2H3,(H,24,28). The second-order valence-electron chi connectivity index (χ2n) is 7.06. The van der Waals surface area contributed by atoms with Crippen molar-refractivity contribution in [2.45, 2.75) is 13.8 Å². The molecule has 0 unspecified atom stereocenters. The number of hydrogen-bond donors (Lipinski definition) is 2. The Bertz CT molecular complexity index is 1360. The lowest BCUT2D eigenvalue weighted by Crippen LogP contribution is -2.13. The van der Waals surface area contributed by atoms with E-state index in [0.29, 0.717) is 16.8 Å². The number of halogens is 1. The summed E-state index contributed by atoms with van der Waals surface area (Å²) in [6.45, 7) is 3.86. The predicted octanol–water partition coefficient (Wildman–Crippen LogP) is 5.63. The predicted molar refractivity (Wildman–Crippen MR) is 117 cm³/mol. The summed E-state index contributed by atoms with van der Waals surface area (Å²) in [5, 5.41) is 24.0. The molecule has 0 saturated heterocycles. The maximum absolute atomic E-state index is 12.6. The van der Waals surface area contributed by atoms with E-state index in [9.17, 15) is 20.0 Å². The van der Waals surface area contributed by atoms with Crippen LogP contribution in [-0.4, -0.2) is 20.9 Å². The highest BCUT2D eigenvalue weighted by atomic mass is 35.5. The Hall–Kier alpha value is -3.91. The van der Waals surface area contributed by atoms with Gasteiger partial charge in [-0.2, -0.15) is 0 Å². The maximum Gasteiger partial charge on any atom is 0.270 e. The number of nitro groups is 1. The smallest absolute Gasteiger partial charge is 0.270 e. The number of phenolic OH excluding ortho intramolecular Hbond substituents is 1. The molecule has 3 aromatic carbocycles. The summed E-state index contributed by atoms with van der Waals surface area (Å²) in [7, 11) is 0. The minimum absolute atomic E-state index is 0.0431. The Balaban J connectivity index is 1.69. The first-order valence-electron chi connectivity index (χ1n) is 9.19. The third-order valence-corrected chi connectivity index (χ3v) is 5.04. The van der Waals surface area contributed by atoms with Crippen LogP contribution in [0.15, 0.2) is 52.9 Å². The maximum atomic E-state index is 12.6. The van der Waals surface area contributed by atoms with E-state index in [1.165, 1.54) is 30.3 Å². The highest BCUT2D eigenvalue weighted by Crippen LogP contribution is 2.34. The molecule has 1 heterocycles. The molecule has 0 aliphatic rings. The average Bonchev–Trinajstić information content (AvgIpc) is 3.13. The second kappa shape index (κ2) is 7.73. The topological polar surface area (TPSA) is 118 Å². The number of non-ortho nitro benzene ring substituents is 1. The number of amides is 1. The van der Waals surface area contributed by atoms with Crippen LogP contribution in [0.1, 0.15) is 21.5 Å². The first kappa shape index (κ1) is 20.4. The average molecular weight is 438 g/mol. The molecule has 9 heteroatoms. The molecule has 8 nitrogen and oxygen atoms in total. The van der Waals surface area contributed by atoms with E-state index in [4.69, 9.17) is 16.0 Å². The molecule has 0 spiro atoms. The molecule has 0 saturated carbocycles. The number of anilines is 1. The van der Waals surface area contributed by atoms with Gasteiger partial charge >= 0.3 is 0 Å². The zero-order chi connectivity index (χ0) is 22.3. The summed E-state index contributed by atoms with van der Waals surface area (Å²) < 4.78 is 5.85. The lowest BCUT2D eigenvalue weighted by atomic mass is 10.1. The summed E-state index contributed by atoms with van der Waals surface area (Å²) in [4.78, 5) is 27.5. The number of hydrogen-bond acceptors (Lipinski definition) is 6. The van der Waals surface area contributed by atoms with E-state index in [2.05, 4.69) is 10.3 Å². The normalized spacial score (nSPS) is 10.9. The molecular weight excluding hydrogens is 422 g/mol. The van der Waals surface area contributed by atoms with Crippen LogP contribution in [0.2, 0.25) is 5.02 Å². The zero-order valence-electron chi connectivity index (χ0n) is 16.5. The molecule has 1 amide bonds. The Morgan fingerprint density at radius 3 is 2.68 bits per heavy atom. The fourth-order valence-electron chi connectivity index (χ4n) is 3.28. The Kier molecular flexibility index (Phi) is 5.08. The van der Waals surface area contributed by atoms with Gasteiger partial charge in [-0.15, -0.1) is 0 Å². The molecule has 0 aliphatic carbocycles. The molecule has 4 aromatic rings. The van der Waals surface area contributed by atoms with Gasteiger partial charge in [0.1, 0.15) is 11.3 Å². The minimum Gasteiger partial charge on any atom is -0.507 e. The number of aromatic nitrogens is 1. The van der Waals surface area contributed by atoms with Crippen LogP contribution in [0.25, 0.3) is 22.6 Å². The van der Waals surface area contributed by atoms with Crippen LogP contribution in [0.4, 0.5) is 11.4 Å². The number of benzene rings is 3. The van der Waals surface area contributed by atoms with Gasteiger partial charge in [-0.1, -0.05) is 17.7 Å². The number of rotatable bonds is 4. The summed E-state index contributed by atoms with van der Waals surface area (Å²) in [6.07, 6.45) is 0. The quantitative estimate of drug-likeness (QED) is 0.242. The molecule has 156 valence electrons. The SMILES string of the molecule is Cc1cc(C)c2oc(-c3cc(NC(=O)c4cc([N+](=O)[O-])ccc4Cl)ccc3O)nc2c1. The summed E-state index contributed by atoms with van der Waals surface area (Å²) in [5.41, 5.74) is 3.53. The minimum atomic E-state index is -0.630. The van der Waals surface area contributed by atoms with Crippen molar-refractivity contribution in [2.75, 3.05) is 5.32 Å². The van der Waals surface area contributed by atoms with Gasteiger partial charge in [0.25, 0.3) is 11.6 Å². The number of aromatic hydroxyl groups is 1. The van der Waals surface area contributed by atoms with E-state index in [0.717, 1.165) is 17.2 Å². The van der Waals surface area contributed by atoms with Crippen LogP contribution in [0.3, 0.4) is 0 Å². The van der Waals surface area contributed by atoms with Crippen molar-refractivity contribution in [3.63, 3.8) is 0 Å². The third-order valence-electron chi connectivity index (χ3n) is 4.71. The highest BCUT2D eigenvalue weighted by Gasteiger charge is 2.18. The van der Waals surface area contributed by atoms with Gasteiger partial charge in [-0.25, -0.2) is 4.98 Å². The van der Waals surface area contributed by atoms with Crippen molar-refractivity contribution < 1.29 is 19.2 Å². The van der Waals surface area contributed by atoms with Gasteiger partial charge in [0, 0.05) is 17.8 Å². The van der Waals surface area contributed by atoms with Crippen molar-refractivity contribution in [2.24, 2.45) is 0 Å². The van der Waals surface area contributed by atoms with Crippen LogP contribution >= 0.6 is 11.6 Å². The van der Waals surface area contributed by atoms with Gasteiger partial charge in [-0.05, 0) is 55.3 Å². The zero-order valence-corrected chi connectivity index (χ0v) is 17.2. The van der Waals surface area contributed by atoms with Crippen molar-refractivity contribution in [3.05, 3.63) is 80.4 Å². The number of fused-ring (bicyclic) bond motifs is 1. The number of aryl methyl sites for hydroxylation is 2. The van der Waals surface area contributed by atoms with Gasteiger partial charge < -0.3 is 14.8 Å².